The lowest BCUT2D eigenvalue weighted by atomic mass is 10.1. The summed E-state index contributed by atoms with van der Waals surface area (Å²) in [6.45, 7) is 2.23. The van der Waals surface area contributed by atoms with Gasteiger partial charge in [0.15, 0.2) is 9.84 Å². The van der Waals surface area contributed by atoms with Gasteiger partial charge < -0.3 is 4.90 Å². The van der Waals surface area contributed by atoms with Gasteiger partial charge in [-0.05, 0) is 38.1 Å². The van der Waals surface area contributed by atoms with E-state index in [1.165, 1.54) is 17.0 Å². The lowest BCUT2D eigenvalue weighted by Crippen LogP contribution is -2.48. The molecule has 0 radical (unpaired) electrons. The molecule has 0 aliphatic carbocycles. The van der Waals surface area contributed by atoms with Crippen molar-refractivity contribution in [1.82, 2.24) is 9.80 Å². The molecule has 0 N–H and O–H groups in total. The highest BCUT2D eigenvalue weighted by atomic mass is 32.2. The first-order valence-electron chi connectivity index (χ1n) is 7.61. The second kappa shape index (κ2) is 6.97. The second-order valence-electron chi connectivity index (χ2n) is 6.23. The molecule has 0 unspecified atom stereocenters. The Kier molecular flexibility index (Phi) is 5.41. The van der Waals surface area contributed by atoms with Crippen molar-refractivity contribution in [2.45, 2.75) is 32.0 Å². The van der Waals surface area contributed by atoms with E-state index in [1.54, 1.807) is 27.1 Å². The van der Waals surface area contributed by atoms with Gasteiger partial charge in [0.05, 0.1) is 17.5 Å². The first-order valence-corrected chi connectivity index (χ1v) is 9.43. The molecule has 1 saturated heterocycles. The average Bonchev–Trinajstić information content (AvgIpc) is 2.85. The molecule has 0 bridgehead atoms. The van der Waals surface area contributed by atoms with Crippen molar-refractivity contribution in [3.05, 3.63) is 35.6 Å². The van der Waals surface area contributed by atoms with Crippen LogP contribution >= 0.6 is 0 Å². The predicted octanol–water partition coefficient (Wildman–Crippen LogP) is 1.29. The average molecular weight is 342 g/mol. The summed E-state index contributed by atoms with van der Waals surface area (Å²) in [6, 6.07) is 5.61. The zero-order valence-corrected chi connectivity index (χ0v) is 14.5. The van der Waals surface area contributed by atoms with Gasteiger partial charge in [0.2, 0.25) is 5.91 Å². The summed E-state index contributed by atoms with van der Waals surface area (Å²) in [4.78, 5) is 15.9. The third-order valence-electron chi connectivity index (χ3n) is 4.44. The molecule has 0 spiro atoms. The fraction of sp³-hybridized carbons (Fsp3) is 0.562. The van der Waals surface area contributed by atoms with E-state index < -0.39 is 15.9 Å². The van der Waals surface area contributed by atoms with Crippen LogP contribution in [0.4, 0.5) is 4.39 Å². The van der Waals surface area contributed by atoms with Crippen LogP contribution in [0.1, 0.15) is 18.9 Å². The summed E-state index contributed by atoms with van der Waals surface area (Å²) >= 11 is 0. The Morgan fingerprint density at radius 1 is 1.39 bits per heavy atom. The fourth-order valence-corrected chi connectivity index (χ4v) is 4.58. The predicted molar refractivity (Wildman–Crippen MR) is 87.2 cm³/mol. The van der Waals surface area contributed by atoms with Gasteiger partial charge in [-0.3, -0.25) is 9.69 Å². The molecule has 2 rings (SSSR count). The van der Waals surface area contributed by atoms with Crippen LogP contribution in [-0.4, -0.2) is 61.8 Å². The molecule has 1 aliphatic heterocycles. The van der Waals surface area contributed by atoms with Gasteiger partial charge in [-0.2, -0.15) is 0 Å². The van der Waals surface area contributed by atoms with Crippen molar-refractivity contribution >= 4 is 15.7 Å². The van der Waals surface area contributed by atoms with E-state index >= 15 is 0 Å². The van der Waals surface area contributed by atoms with Gasteiger partial charge in [-0.1, -0.05) is 12.1 Å². The highest BCUT2D eigenvalue weighted by Crippen LogP contribution is 2.18. The number of hydrogen-bond donors (Lipinski definition) is 0. The molecule has 1 aliphatic rings. The molecule has 5 nitrogen and oxygen atoms in total. The fourth-order valence-electron chi connectivity index (χ4n) is 2.80. The first kappa shape index (κ1) is 17.9. The molecule has 1 aromatic rings. The number of sulfone groups is 1. The summed E-state index contributed by atoms with van der Waals surface area (Å²) in [5, 5.41) is 0. The molecular weight excluding hydrogens is 319 g/mol. The maximum absolute atomic E-state index is 13.2. The number of rotatable bonds is 5. The van der Waals surface area contributed by atoms with E-state index in [0.717, 1.165) is 5.56 Å². The molecule has 1 fully saturated rings. The molecule has 128 valence electrons. The molecule has 7 heteroatoms. The Balaban J connectivity index is 1.98. The number of carbonyl (C=O) groups is 1. The summed E-state index contributed by atoms with van der Waals surface area (Å²) in [5.41, 5.74) is 0.790. The van der Waals surface area contributed by atoms with Gasteiger partial charge in [-0.25, -0.2) is 12.8 Å². The third-order valence-corrected chi connectivity index (χ3v) is 6.19. The van der Waals surface area contributed by atoms with E-state index in [0.29, 0.717) is 13.0 Å². The minimum atomic E-state index is -3.02. The van der Waals surface area contributed by atoms with Crippen LogP contribution in [0.15, 0.2) is 24.3 Å². The van der Waals surface area contributed by atoms with E-state index in [-0.39, 0.29) is 29.3 Å². The maximum Gasteiger partial charge on any atom is 0.239 e. The van der Waals surface area contributed by atoms with Crippen molar-refractivity contribution < 1.29 is 17.6 Å². The van der Waals surface area contributed by atoms with Crippen molar-refractivity contribution in [3.63, 3.8) is 0 Å². The number of amides is 1. The van der Waals surface area contributed by atoms with Crippen LogP contribution in [0.3, 0.4) is 0 Å². The normalized spacial score (nSPS) is 21.3. The van der Waals surface area contributed by atoms with Crippen LogP contribution in [0.25, 0.3) is 0 Å². The van der Waals surface area contributed by atoms with Crippen LogP contribution in [0.5, 0.6) is 0 Å². The number of nitrogens with zero attached hydrogens (tertiary/aromatic N) is 2. The lowest BCUT2D eigenvalue weighted by molar-refractivity contribution is -0.136. The topological polar surface area (TPSA) is 57.7 Å². The van der Waals surface area contributed by atoms with Gasteiger partial charge >= 0.3 is 0 Å². The quantitative estimate of drug-likeness (QED) is 0.809. The smallest absolute Gasteiger partial charge is 0.239 e. The molecule has 1 amide bonds. The molecule has 0 saturated carbocycles. The zero-order valence-electron chi connectivity index (χ0n) is 13.7. The van der Waals surface area contributed by atoms with Gasteiger partial charge in [-0.15, -0.1) is 0 Å². The highest BCUT2D eigenvalue weighted by Gasteiger charge is 2.34. The summed E-state index contributed by atoms with van der Waals surface area (Å²) in [7, 11) is 0.429. The van der Waals surface area contributed by atoms with Gasteiger partial charge in [0.25, 0.3) is 0 Å². The second-order valence-corrected chi connectivity index (χ2v) is 8.46. The Morgan fingerprint density at radius 3 is 2.65 bits per heavy atom. The largest absolute Gasteiger partial charge is 0.340 e. The summed E-state index contributed by atoms with van der Waals surface area (Å²) in [6.07, 6.45) is 0.491. The zero-order chi connectivity index (χ0) is 17.2. The van der Waals surface area contributed by atoms with E-state index in [4.69, 9.17) is 0 Å². The molecule has 2 atom stereocenters. The first-order chi connectivity index (χ1) is 10.7. The van der Waals surface area contributed by atoms with Crippen LogP contribution in [0, 0.1) is 5.82 Å². The number of likely N-dealkylation sites (N-methyl/N-ethyl adjacent to an activating group) is 2. The Hall–Kier alpha value is -1.47. The maximum atomic E-state index is 13.2. The Labute approximate surface area is 137 Å². The van der Waals surface area contributed by atoms with Crippen molar-refractivity contribution in [3.8, 4) is 0 Å². The van der Waals surface area contributed by atoms with Gasteiger partial charge in [0.1, 0.15) is 5.82 Å². The van der Waals surface area contributed by atoms with Crippen molar-refractivity contribution in [2.24, 2.45) is 0 Å². The standard InChI is InChI=1S/C16H23FN2O3S/c1-12(18(2)10-13-5-4-6-14(17)9-13)16(20)19(3)15-7-8-23(21,22)11-15/h4-6,9,12,15H,7-8,10-11H2,1-3H3/t12-,15-/m0/s1. The number of halogens is 1. The molecule has 1 aromatic carbocycles. The molecule has 1 heterocycles. The van der Waals surface area contributed by atoms with Crippen LogP contribution in [0.2, 0.25) is 0 Å². The number of hydrogen-bond acceptors (Lipinski definition) is 4. The van der Waals surface area contributed by atoms with Crippen molar-refractivity contribution in [1.29, 1.82) is 0 Å². The minimum absolute atomic E-state index is 0.0373. The van der Waals surface area contributed by atoms with Crippen LogP contribution in [-0.2, 0) is 21.2 Å². The molecule has 0 aromatic heterocycles. The SMILES string of the molecule is C[C@@H](C(=O)N(C)[C@H]1CCS(=O)(=O)C1)N(C)Cc1cccc(F)c1. The third kappa shape index (κ3) is 4.51. The highest BCUT2D eigenvalue weighted by molar-refractivity contribution is 7.91. The van der Waals surface area contributed by atoms with E-state index in [2.05, 4.69) is 0 Å². The van der Waals surface area contributed by atoms with Gasteiger partial charge in [0, 0.05) is 19.6 Å². The Morgan fingerprint density at radius 2 is 2.09 bits per heavy atom. The molecule has 23 heavy (non-hydrogen) atoms. The monoisotopic (exact) mass is 342 g/mol. The van der Waals surface area contributed by atoms with Crippen LogP contribution < -0.4 is 0 Å². The lowest BCUT2D eigenvalue weighted by Gasteiger charge is -2.31. The van der Waals surface area contributed by atoms with Crippen molar-refractivity contribution in [2.75, 3.05) is 25.6 Å². The summed E-state index contributed by atoms with van der Waals surface area (Å²) < 4.78 is 36.4. The molecular formula is C16H23FN2O3S. The number of carbonyl (C=O) groups excluding carboxylic acids is 1. The van der Waals surface area contributed by atoms with E-state index in [1.807, 2.05) is 11.0 Å². The summed E-state index contributed by atoms with van der Waals surface area (Å²) in [5.74, 6) is -0.243. The van der Waals surface area contributed by atoms with E-state index in [9.17, 15) is 17.6 Å². The Bertz CT molecular complexity index is 678. The minimum Gasteiger partial charge on any atom is -0.340 e. The number of benzene rings is 1.